The van der Waals surface area contributed by atoms with Crippen molar-refractivity contribution in [2.45, 2.75) is 20.3 Å². The molecule has 5 nitrogen and oxygen atoms in total. The Morgan fingerprint density at radius 1 is 1.33 bits per heavy atom. The molecule has 21 heavy (non-hydrogen) atoms. The fourth-order valence-electron chi connectivity index (χ4n) is 1.86. The Hall–Kier alpha value is -1.27. The number of para-hydroxylation sites is 1. The average Bonchev–Trinajstić information content (AvgIpc) is 2.33. The Morgan fingerprint density at radius 2 is 1.95 bits per heavy atom. The van der Waals surface area contributed by atoms with Crippen LogP contribution in [0.15, 0.2) is 24.3 Å². The molecule has 0 atom stereocenters. The van der Waals surface area contributed by atoms with Gasteiger partial charge in [0.15, 0.2) is 0 Å². The Balaban J connectivity index is 2.74. The number of hydrogen-bond acceptors (Lipinski definition) is 3. The lowest BCUT2D eigenvalue weighted by atomic mass is 10.1. The van der Waals surface area contributed by atoms with Crippen LogP contribution in [0.1, 0.15) is 20.3 Å². The minimum atomic E-state index is -3.46. The van der Waals surface area contributed by atoms with Crippen LogP contribution in [0.4, 0.5) is 5.69 Å². The quantitative estimate of drug-likeness (QED) is 0.833. The van der Waals surface area contributed by atoms with Crippen molar-refractivity contribution >= 4 is 33.2 Å². The summed E-state index contributed by atoms with van der Waals surface area (Å²) in [6.07, 6.45) is 1.54. The topological polar surface area (TPSA) is 66.5 Å². The lowest BCUT2D eigenvalue weighted by molar-refractivity contribution is -0.121. The second-order valence-electron chi connectivity index (χ2n) is 5.23. The van der Waals surface area contributed by atoms with Crippen molar-refractivity contribution in [2.24, 2.45) is 5.92 Å². The van der Waals surface area contributed by atoms with Crippen LogP contribution in [0.2, 0.25) is 5.02 Å². The number of carbonyl (C=O) groups is 1. The monoisotopic (exact) mass is 332 g/mol. The number of nitrogens with one attached hydrogen (secondary N) is 1. The van der Waals surface area contributed by atoms with Gasteiger partial charge in [-0.15, -0.1) is 0 Å². The van der Waals surface area contributed by atoms with Crippen molar-refractivity contribution in [1.29, 1.82) is 0 Å². The number of hydrogen-bond donors (Lipinski definition) is 1. The molecule has 0 saturated carbocycles. The maximum Gasteiger partial charge on any atom is 0.232 e. The summed E-state index contributed by atoms with van der Waals surface area (Å²) in [7, 11) is -3.46. The van der Waals surface area contributed by atoms with Crippen LogP contribution in [-0.2, 0) is 14.8 Å². The van der Waals surface area contributed by atoms with Crippen LogP contribution in [0.25, 0.3) is 0 Å². The number of nitrogens with zero attached hydrogens (tertiary/aromatic N) is 1. The molecule has 0 aromatic heterocycles. The smallest absolute Gasteiger partial charge is 0.232 e. The SMILES string of the molecule is CC(C)CC(=O)NCCN(c1ccccc1Cl)S(C)(=O)=O. The van der Waals surface area contributed by atoms with E-state index in [0.717, 1.165) is 6.26 Å². The van der Waals surface area contributed by atoms with Gasteiger partial charge in [0.25, 0.3) is 0 Å². The molecule has 1 N–H and O–H groups in total. The molecule has 1 rings (SSSR count). The zero-order chi connectivity index (χ0) is 16.0. The first-order valence-corrected chi connectivity index (χ1v) is 8.93. The first-order valence-electron chi connectivity index (χ1n) is 6.70. The first kappa shape index (κ1) is 17.8. The van der Waals surface area contributed by atoms with E-state index in [-0.39, 0.29) is 24.9 Å². The van der Waals surface area contributed by atoms with E-state index in [0.29, 0.717) is 17.1 Å². The summed E-state index contributed by atoms with van der Waals surface area (Å²) in [4.78, 5) is 11.6. The molecule has 118 valence electrons. The second-order valence-corrected chi connectivity index (χ2v) is 7.55. The molecule has 0 saturated heterocycles. The van der Waals surface area contributed by atoms with Crippen molar-refractivity contribution in [3.8, 4) is 0 Å². The molecule has 0 bridgehead atoms. The van der Waals surface area contributed by atoms with Gasteiger partial charge in [-0.3, -0.25) is 9.10 Å². The normalized spacial score (nSPS) is 11.5. The molecule has 0 radical (unpaired) electrons. The minimum absolute atomic E-state index is 0.0855. The zero-order valence-electron chi connectivity index (χ0n) is 12.5. The maximum atomic E-state index is 11.9. The lowest BCUT2D eigenvalue weighted by Crippen LogP contribution is -2.38. The molecule has 0 spiro atoms. The van der Waals surface area contributed by atoms with Gasteiger partial charge in [-0.25, -0.2) is 8.42 Å². The third-order valence-corrected chi connectivity index (χ3v) is 4.25. The summed E-state index contributed by atoms with van der Waals surface area (Å²) >= 11 is 6.04. The predicted molar refractivity (Wildman–Crippen MR) is 86.1 cm³/mol. The number of halogens is 1. The highest BCUT2D eigenvalue weighted by Gasteiger charge is 2.19. The van der Waals surface area contributed by atoms with Crippen LogP contribution in [-0.4, -0.2) is 33.7 Å². The Kier molecular flexibility index (Phi) is 6.48. The van der Waals surface area contributed by atoms with Gasteiger partial charge in [0, 0.05) is 13.0 Å². The molecular formula is C14H21ClN2O3S. The van der Waals surface area contributed by atoms with E-state index >= 15 is 0 Å². The summed E-state index contributed by atoms with van der Waals surface area (Å²) in [5, 5.41) is 3.08. The van der Waals surface area contributed by atoms with Gasteiger partial charge in [0.1, 0.15) is 0 Å². The van der Waals surface area contributed by atoms with E-state index in [1.807, 2.05) is 13.8 Å². The van der Waals surface area contributed by atoms with E-state index in [1.165, 1.54) is 4.31 Å². The van der Waals surface area contributed by atoms with Crippen molar-refractivity contribution in [2.75, 3.05) is 23.7 Å². The molecule has 0 unspecified atom stereocenters. The van der Waals surface area contributed by atoms with E-state index in [1.54, 1.807) is 24.3 Å². The number of amides is 1. The van der Waals surface area contributed by atoms with Crippen LogP contribution in [0, 0.1) is 5.92 Å². The Labute approximate surface area is 131 Å². The maximum absolute atomic E-state index is 11.9. The van der Waals surface area contributed by atoms with Gasteiger partial charge < -0.3 is 5.32 Å². The highest BCUT2D eigenvalue weighted by molar-refractivity contribution is 7.92. The van der Waals surface area contributed by atoms with E-state index < -0.39 is 10.0 Å². The summed E-state index contributed by atoms with van der Waals surface area (Å²) in [6, 6.07) is 6.72. The molecule has 1 aromatic carbocycles. The second kappa shape index (κ2) is 7.66. The molecule has 0 aliphatic rings. The predicted octanol–water partition coefficient (Wildman–Crippen LogP) is 2.27. The van der Waals surface area contributed by atoms with Crippen LogP contribution >= 0.6 is 11.6 Å². The minimum Gasteiger partial charge on any atom is -0.354 e. The number of anilines is 1. The van der Waals surface area contributed by atoms with Gasteiger partial charge in [-0.05, 0) is 18.1 Å². The van der Waals surface area contributed by atoms with Crippen molar-refractivity contribution in [1.82, 2.24) is 5.32 Å². The number of sulfonamides is 1. The standard InChI is InChI=1S/C14H21ClN2O3S/c1-11(2)10-14(18)16-8-9-17(21(3,19)20)13-7-5-4-6-12(13)15/h4-7,11H,8-10H2,1-3H3,(H,16,18). The highest BCUT2D eigenvalue weighted by atomic mass is 35.5. The van der Waals surface area contributed by atoms with E-state index in [2.05, 4.69) is 5.32 Å². The Bertz CT molecular complexity index is 588. The zero-order valence-corrected chi connectivity index (χ0v) is 14.0. The molecule has 1 amide bonds. The molecule has 7 heteroatoms. The fraction of sp³-hybridized carbons (Fsp3) is 0.500. The summed E-state index contributed by atoms with van der Waals surface area (Å²) < 4.78 is 25.0. The first-order chi connectivity index (χ1) is 9.71. The van der Waals surface area contributed by atoms with Crippen LogP contribution < -0.4 is 9.62 Å². The van der Waals surface area contributed by atoms with Crippen molar-refractivity contribution in [3.05, 3.63) is 29.3 Å². The average molecular weight is 333 g/mol. The molecular weight excluding hydrogens is 312 g/mol. The van der Waals surface area contributed by atoms with Crippen LogP contribution in [0.3, 0.4) is 0 Å². The summed E-state index contributed by atoms with van der Waals surface area (Å²) in [6.45, 7) is 4.29. The molecule has 1 aromatic rings. The molecule has 0 aliphatic carbocycles. The summed E-state index contributed by atoms with van der Waals surface area (Å²) in [5.41, 5.74) is 0.416. The van der Waals surface area contributed by atoms with E-state index in [9.17, 15) is 13.2 Å². The third kappa shape index (κ3) is 5.93. The van der Waals surface area contributed by atoms with Gasteiger partial charge in [0.2, 0.25) is 15.9 Å². The molecule has 0 heterocycles. The summed E-state index contributed by atoms with van der Waals surface area (Å²) in [5.74, 6) is 0.178. The number of benzene rings is 1. The van der Waals surface area contributed by atoms with Gasteiger partial charge in [-0.1, -0.05) is 37.6 Å². The molecule has 0 aliphatic heterocycles. The van der Waals surface area contributed by atoms with Gasteiger partial charge in [0.05, 0.1) is 23.5 Å². The van der Waals surface area contributed by atoms with Crippen molar-refractivity contribution < 1.29 is 13.2 Å². The lowest BCUT2D eigenvalue weighted by Gasteiger charge is -2.23. The van der Waals surface area contributed by atoms with Crippen LogP contribution in [0.5, 0.6) is 0 Å². The van der Waals surface area contributed by atoms with Crippen molar-refractivity contribution in [3.63, 3.8) is 0 Å². The highest BCUT2D eigenvalue weighted by Crippen LogP contribution is 2.26. The fourth-order valence-corrected chi connectivity index (χ4v) is 3.09. The van der Waals surface area contributed by atoms with Gasteiger partial charge >= 0.3 is 0 Å². The number of rotatable bonds is 7. The third-order valence-electron chi connectivity index (χ3n) is 2.75. The largest absolute Gasteiger partial charge is 0.354 e. The molecule has 0 fully saturated rings. The number of carbonyl (C=O) groups excluding carboxylic acids is 1. The van der Waals surface area contributed by atoms with Gasteiger partial charge in [-0.2, -0.15) is 0 Å². The Morgan fingerprint density at radius 3 is 2.48 bits per heavy atom. The van der Waals surface area contributed by atoms with E-state index in [4.69, 9.17) is 11.6 Å².